The molecule has 9 heteroatoms. The van der Waals surface area contributed by atoms with Crippen LogP contribution >= 0.6 is 0 Å². The van der Waals surface area contributed by atoms with Gasteiger partial charge in [-0.05, 0) is 0 Å². The molecular weight excluding hydrogens is 270 g/mol. The molecular formula is C11H13N3O6. The van der Waals surface area contributed by atoms with E-state index < -0.39 is 16.9 Å². The van der Waals surface area contributed by atoms with E-state index in [-0.39, 0.29) is 30.5 Å². The van der Waals surface area contributed by atoms with E-state index in [2.05, 4.69) is 5.32 Å². The SMILES string of the molecule is COCC(N)C(=O)Nc1cc2c(cc1[N+](=O)[O-])OCO2. The van der Waals surface area contributed by atoms with Gasteiger partial charge in [-0.2, -0.15) is 0 Å². The number of nitrogens with zero attached hydrogens (tertiary/aromatic N) is 1. The van der Waals surface area contributed by atoms with Crippen molar-refractivity contribution < 1.29 is 23.9 Å². The number of carbonyl (C=O) groups excluding carboxylic acids is 1. The quantitative estimate of drug-likeness (QED) is 0.585. The summed E-state index contributed by atoms with van der Waals surface area (Å²) >= 11 is 0. The number of carbonyl (C=O) groups is 1. The molecule has 3 N–H and O–H groups in total. The molecule has 0 saturated carbocycles. The van der Waals surface area contributed by atoms with Crippen LogP contribution in [-0.2, 0) is 9.53 Å². The van der Waals surface area contributed by atoms with E-state index in [1.165, 1.54) is 19.2 Å². The third-order valence-electron chi connectivity index (χ3n) is 2.63. The van der Waals surface area contributed by atoms with Crippen LogP contribution in [0.1, 0.15) is 0 Å². The molecule has 0 radical (unpaired) electrons. The van der Waals surface area contributed by atoms with E-state index in [0.717, 1.165) is 0 Å². The maximum atomic E-state index is 11.8. The number of nitro benzene ring substituents is 1. The van der Waals surface area contributed by atoms with E-state index in [1.807, 2.05) is 0 Å². The third kappa shape index (κ3) is 2.78. The third-order valence-corrected chi connectivity index (χ3v) is 2.63. The van der Waals surface area contributed by atoms with Crippen LogP contribution in [0.2, 0.25) is 0 Å². The minimum atomic E-state index is -0.926. The first-order valence-corrected chi connectivity index (χ1v) is 5.66. The lowest BCUT2D eigenvalue weighted by atomic mass is 10.2. The number of fused-ring (bicyclic) bond motifs is 1. The molecule has 1 atom stereocenters. The zero-order valence-electron chi connectivity index (χ0n) is 10.6. The molecule has 9 nitrogen and oxygen atoms in total. The molecule has 2 rings (SSSR count). The second kappa shape index (κ2) is 5.72. The first kappa shape index (κ1) is 14.0. The number of ether oxygens (including phenoxy) is 3. The molecule has 0 aromatic heterocycles. The molecule has 20 heavy (non-hydrogen) atoms. The van der Waals surface area contributed by atoms with Crippen LogP contribution in [0.15, 0.2) is 12.1 Å². The number of hydrogen-bond donors (Lipinski definition) is 2. The molecule has 1 aromatic carbocycles. The van der Waals surface area contributed by atoms with Gasteiger partial charge in [-0.3, -0.25) is 14.9 Å². The van der Waals surface area contributed by atoms with Gasteiger partial charge in [-0.25, -0.2) is 0 Å². The highest BCUT2D eigenvalue weighted by molar-refractivity contribution is 5.97. The first-order valence-electron chi connectivity index (χ1n) is 5.66. The molecule has 1 aliphatic heterocycles. The summed E-state index contributed by atoms with van der Waals surface area (Å²) in [6.07, 6.45) is 0. The standard InChI is InChI=1S/C11H13N3O6/c1-18-4-6(12)11(15)13-7-2-9-10(20-5-19-9)3-8(7)14(16)17/h2-3,6H,4-5,12H2,1H3,(H,13,15). The fraction of sp³-hybridized carbons (Fsp3) is 0.364. The van der Waals surface area contributed by atoms with Crippen molar-refractivity contribution in [2.75, 3.05) is 25.8 Å². The number of hydrogen-bond acceptors (Lipinski definition) is 7. The Bertz CT molecular complexity index is 547. The highest BCUT2D eigenvalue weighted by Gasteiger charge is 2.25. The number of nitro groups is 1. The number of nitrogens with two attached hydrogens (primary N) is 1. The van der Waals surface area contributed by atoms with Crippen molar-refractivity contribution in [2.45, 2.75) is 6.04 Å². The molecule has 0 fully saturated rings. The smallest absolute Gasteiger partial charge is 0.296 e. The van der Waals surface area contributed by atoms with Gasteiger partial charge >= 0.3 is 0 Å². The van der Waals surface area contributed by atoms with E-state index >= 15 is 0 Å². The highest BCUT2D eigenvalue weighted by atomic mass is 16.7. The Morgan fingerprint density at radius 3 is 2.80 bits per heavy atom. The van der Waals surface area contributed by atoms with Gasteiger partial charge in [0.25, 0.3) is 5.69 Å². The molecule has 1 aliphatic rings. The average Bonchev–Trinajstić information content (AvgIpc) is 2.84. The van der Waals surface area contributed by atoms with Crippen LogP contribution in [0.5, 0.6) is 11.5 Å². The number of rotatable bonds is 5. The van der Waals surface area contributed by atoms with Crippen molar-refractivity contribution in [3.63, 3.8) is 0 Å². The number of methoxy groups -OCH3 is 1. The Kier molecular flexibility index (Phi) is 4.01. The number of benzene rings is 1. The fourth-order valence-electron chi connectivity index (χ4n) is 1.66. The largest absolute Gasteiger partial charge is 0.454 e. The molecule has 0 bridgehead atoms. The van der Waals surface area contributed by atoms with Gasteiger partial charge in [-0.15, -0.1) is 0 Å². The summed E-state index contributed by atoms with van der Waals surface area (Å²) in [6, 6.07) is 1.60. The van der Waals surface area contributed by atoms with Crippen LogP contribution in [-0.4, -0.2) is 37.4 Å². The van der Waals surface area contributed by atoms with Crippen molar-refractivity contribution in [2.24, 2.45) is 5.73 Å². The summed E-state index contributed by atoms with van der Waals surface area (Å²) in [5.74, 6) is -0.00378. The van der Waals surface area contributed by atoms with Gasteiger partial charge in [0.05, 0.1) is 17.6 Å². The number of anilines is 1. The summed E-state index contributed by atoms with van der Waals surface area (Å²) in [6.45, 7) is -0.0166. The van der Waals surface area contributed by atoms with Gasteiger partial charge in [0, 0.05) is 13.2 Å². The summed E-state index contributed by atoms with van der Waals surface area (Å²) in [5, 5.41) is 13.4. The van der Waals surface area contributed by atoms with Crippen molar-refractivity contribution in [1.82, 2.24) is 0 Å². The van der Waals surface area contributed by atoms with E-state index in [0.29, 0.717) is 5.75 Å². The highest BCUT2D eigenvalue weighted by Crippen LogP contribution is 2.40. The van der Waals surface area contributed by atoms with Crippen LogP contribution in [0.4, 0.5) is 11.4 Å². The Hall–Kier alpha value is -2.39. The van der Waals surface area contributed by atoms with Gasteiger partial charge < -0.3 is 25.3 Å². The second-order valence-corrected chi connectivity index (χ2v) is 4.03. The summed E-state index contributed by atoms with van der Waals surface area (Å²) < 4.78 is 14.9. The summed E-state index contributed by atoms with van der Waals surface area (Å²) in [7, 11) is 1.40. The van der Waals surface area contributed by atoms with E-state index in [4.69, 9.17) is 19.9 Å². The van der Waals surface area contributed by atoms with Gasteiger partial charge in [-0.1, -0.05) is 0 Å². The minimum Gasteiger partial charge on any atom is -0.454 e. The van der Waals surface area contributed by atoms with Crippen LogP contribution in [0.25, 0.3) is 0 Å². The zero-order valence-corrected chi connectivity index (χ0v) is 10.6. The molecule has 108 valence electrons. The lowest BCUT2D eigenvalue weighted by Crippen LogP contribution is -2.39. The Morgan fingerprint density at radius 1 is 1.55 bits per heavy atom. The molecule has 0 aliphatic carbocycles. The van der Waals surface area contributed by atoms with Crippen molar-refractivity contribution in [3.05, 3.63) is 22.2 Å². The molecule has 1 unspecified atom stereocenters. The molecule has 0 saturated heterocycles. The van der Waals surface area contributed by atoms with Gasteiger partial charge in [0.15, 0.2) is 11.5 Å². The van der Waals surface area contributed by atoms with Crippen LogP contribution in [0, 0.1) is 10.1 Å². The summed E-state index contributed by atoms with van der Waals surface area (Å²) in [4.78, 5) is 22.1. The first-order chi connectivity index (χ1) is 9.52. The number of nitrogens with one attached hydrogen (secondary N) is 1. The topological polar surface area (TPSA) is 126 Å². The maximum absolute atomic E-state index is 11.8. The second-order valence-electron chi connectivity index (χ2n) is 4.03. The number of amides is 1. The minimum absolute atomic E-state index is 0.00389. The Labute approximate surface area is 113 Å². The monoisotopic (exact) mass is 283 g/mol. The van der Waals surface area contributed by atoms with Crippen molar-refractivity contribution >= 4 is 17.3 Å². The van der Waals surface area contributed by atoms with Crippen molar-refractivity contribution in [3.8, 4) is 11.5 Å². The average molecular weight is 283 g/mol. The molecule has 1 heterocycles. The lowest BCUT2D eigenvalue weighted by molar-refractivity contribution is -0.384. The molecule has 0 spiro atoms. The molecule has 1 aromatic rings. The van der Waals surface area contributed by atoms with Crippen molar-refractivity contribution in [1.29, 1.82) is 0 Å². The van der Waals surface area contributed by atoms with E-state index in [9.17, 15) is 14.9 Å². The van der Waals surface area contributed by atoms with E-state index in [1.54, 1.807) is 0 Å². The predicted molar refractivity (Wildman–Crippen MR) is 67.7 cm³/mol. The maximum Gasteiger partial charge on any atom is 0.296 e. The lowest BCUT2D eigenvalue weighted by Gasteiger charge is -2.11. The van der Waals surface area contributed by atoms with Gasteiger partial charge in [0.2, 0.25) is 12.7 Å². The fourth-order valence-corrected chi connectivity index (χ4v) is 1.66. The summed E-state index contributed by atoms with van der Waals surface area (Å²) in [5.41, 5.74) is 5.25. The Balaban J connectivity index is 2.26. The van der Waals surface area contributed by atoms with Crippen LogP contribution in [0.3, 0.4) is 0 Å². The van der Waals surface area contributed by atoms with Gasteiger partial charge in [0.1, 0.15) is 11.7 Å². The Morgan fingerprint density at radius 2 is 2.20 bits per heavy atom. The van der Waals surface area contributed by atoms with Crippen LogP contribution < -0.4 is 20.5 Å². The zero-order chi connectivity index (χ0) is 14.7. The molecule has 1 amide bonds. The normalized spacial score (nSPS) is 13.9. The predicted octanol–water partition coefficient (Wildman–Crippen LogP) is 0.236.